The van der Waals surface area contributed by atoms with Crippen molar-refractivity contribution in [1.29, 1.82) is 5.26 Å². The van der Waals surface area contributed by atoms with Gasteiger partial charge >= 0.3 is 0 Å². The molecule has 0 fully saturated rings. The van der Waals surface area contributed by atoms with E-state index in [1.807, 2.05) is 31.2 Å². The second-order valence-electron chi connectivity index (χ2n) is 4.75. The minimum absolute atomic E-state index is 0.303. The van der Waals surface area contributed by atoms with Crippen molar-refractivity contribution < 1.29 is 13.9 Å². The van der Waals surface area contributed by atoms with E-state index in [1.165, 1.54) is 12.1 Å². The third-order valence-electron chi connectivity index (χ3n) is 3.24. The van der Waals surface area contributed by atoms with Crippen molar-refractivity contribution in [3.63, 3.8) is 0 Å². The van der Waals surface area contributed by atoms with Crippen LogP contribution >= 0.6 is 0 Å². The summed E-state index contributed by atoms with van der Waals surface area (Å²) in [6.45, 7) is 2.87. The van der Waals surface area contributed by atoms with Gasteiger partial charge in [0.15, 0.2) is 11.5 Å². The highest BCUT2D eigenvalue weighted by Gasteiger charge is 2.12. The summed E-state index contributed by atoms with van der Waals surface area (Å²) in [6.07, 6.45) is 0.530. The molecule has 0 aliphatic rings. The molecule has 1 unspecified atom stereocenters. The Kier molecular flexibility index (Phi) is 5.79. The van der Waals surface area contributed by atoms with Crippen molar-refractivity contribution in [3.05, 3.63) is 59.9 Å². The van der Waals surface area contributed by atoms with E-state index >= 15 is 0 Å². The second-order valence-corrected chi connectivity index (χ2v) is 4.75. The third kappa shape index (κ3) is 4.23. The van der Waals surface area contributed by atoms with Gasteiger partial charge in [-0.1, -0.05) is 24.3 Å². The summed E-state index contributed by atoms with van der Waals surface area (Å²) in [5, 5.41) is 9.26. The van der Waals surface area contributed by atoms with Crippen LogP contribution in [0.25, 0.3) is 0 Å². The fraction of sp³-hybridized carbons (Fsp3) is 0.278. The number of para-hydroxylation sites is 2. The Balaban J connectivity index is 1.95. The van der Waals surface area contributed by atoms with Crippen LogP contribution in [-0.4, -0.2) is 13.2 Å². The first kappa shape index (κ1) is 15.8. The molecule has 0 aliphatic heterocycles. The van der Waals surface area contributed by atoms with Crippen LogP contribution in [0.15, 0.2) is 48.5 Å². The quantitative estimate of drug-likeness (QED) is 0.765. The number of rotatable bonds is 7. The topological polar surface area (TPSA) is 42.2 Å². The maximum absolute atomic E-state index is 12.9. The molecular weight excluding hydrogens is 281 g/mol. The van der Waals surface area contributed by atoms with Crippen LogP contribution in [0.1, 0.15) is 24.8 Å². The number of halogens is 1. The molecule has 4 heteroatoms. The van der Waals surface area contributed by atoms with Gasteiger partial charge in [-0.15, -0.1) is 0 Å². The lowest BCUT2D eigenvalue weighted by Gasteiger charge is -2.13. The van der Waals surface area contributed by atoms with Crippen LogP contribution in [0.5, 0.6) is 11.5 Å². The first-order chi connectivity index (χ1) is 10.7. The largest absolute Gasteiger partial charge is 0.490 e. The smallest absolute Gasteiger partial charge is 0.161 e. The van der Waals surface area contributed by atoms with Crippen molar-refractivity contribution in [1.82, 2.24) is 0 Å². The molecule has 1 atom stereocenters. The van der Waals surface area contributed by atoms with Gasteiger partial charge in [0.1, 0.15) is 5.82 Å². The minimum atomic E-state index is -0.320. The number of hydrogen-bond donors (Lipinski definition) is 0. The number of ether oxygens (including phenoxy) is 2. The van der Waals surface area contributed by atoms with E-state index in [-0.39, 0.29) is 11.7 Å². The van der Waals surface area contributed by atoms with Crippen LogP contribution < -0.4 is 9.47 Å². The standard InChI is InChI=1S/C18H18FNO2/c1-2-21-17-5-3-4-6-18(17)22-12-11-15(13-20)14-7-9-16(19)10-8-14/h3-10,15H,2,11-12H2,1H3. The number of hydrogen-bond acceptors (Lipinski definition) is 3. The zero-order chi connectivity index (χ0) is 15.8. The molecule has 0 N–H and O–H groups in total. The van der Waals surface area contributed by atoms with Gasteiger partial charge in [0, 0.05) is 6.42 Å². The SMILES string of the molecule is CCOc1ccccc1OCCC(C#N)c1ccc(F)cc1. The molecule has 0 amide bonds. The molecule has 0 radical (unpaired) electrons. The first-order valence-corrected chi connectivity index (χ1v) is 7.24. The lowest BCUT2D eigenvalue weighted by molar-refractivity contribution is 0.271. The van der Waals surface area contributed by atoms with Crippen LogP contribution in [0, 0.1) is 17.1 Å². The number of nitrogens with zero attached hydrogens (tertiary/aromatic N) is 1. The summed E-state index contributed by atoms with van der Waals surface area (Å²) in [6, 6.07) is 15.7. The molecule has 22 heavy (non-hydrogen) atoms. The van der Waals surface area contributed by atoms with Crippen molar-refractivity contribution in [2.75, 3.05) is 13.2 Å². The first-order valence-electron chi connectivity index (χ1n) is 7.24. The van der Waals surface area contributed by atoms with E-state index < -0.39 is 0 Å². The van der Waals surface area contributed by atoms with Gasteiger partial charge in [-0.25, -0.2) is 4.39 Å². The predicted molar refractivity (Wildman–Crippen MR) is 82.5 cm³/mol. The average molecular weight is 299 g/mol. The van der Waals surface area contributed by atoms with E-state index in [2.05, 4.69) is 6.07 Å². The molecule has 114 valence electrons. The van der Waals surface area contributed by atoms with Gasteiger partial charge in [-0.3, -0.25) is 0 Å². The highest BCUT2D eigenvalue weighted by atomic mass is 19.1. The molecule has 0 saturated carbocycles. The summed E-state index contributed by atoms with van der Waals surface area (Å²) in [5.41, 5.74) is 0.797. The zero-order valence-electron chi connectivity index (χ0n) is 12.5. The summed E-state index contributed by atoms with van der Waals surface area (Å²) >= 11 is 0. The molecule has 0 aromatic heterocycles. The molecule has 2 rings (SSSR count). The summed E-state index contributed by atoms with van der Waals surface area (Å²) in [7, 11) is 0. The fourth-order valence-corrected chi connectivity index (χ4v) is 2.13. The van der Waals surface area contributed by atoms with Crippen LogP contribution in [-0.2, 0) is 0 Å². The third-order valence-corrected chi connectivity index (χ3v) is 3.24. The van der Waals surface area contributed by atoms with Crippen LogP contribution in [0.2, 0.25) is 0 Å². The number of nitriles is 1. The van der Waals surface area contributed by atoms with Crippen molar-refractivity contribution in [2.45, 2.75) is 19.3 Å². The Bertz CT molecular complexity index is 634. The zero-order valence-corrected chi connectivity index (χ0v) is 12.5. The highest BCUT2D eigenvalue weighted by molar-refractivity contribution is 5.39. The Morgan fingerprint density at radius 3 is 2.27 bits per heavy atom. The molecular formula is C18H18FNO2. The molecule has 0 heterocycles. The fourth-order valence-electron chi connectivity index (χ4n) is 2.13. The summed E-state index contributed by atoms with van der Waals surface area (Å²) < 4.78 is 24.1. The van der Waals surface area contributed by atoms with E-state index in [4.69, 9.17) is 9.47 Å². The van der Waals surface area contributed by atoms with E-state index in [1.54, 1.807) is 12.1 Å². The Morgan fingerprint density at radius 2 is 1.68 bits per heavy atom. The second kappa shape index (κ2) is 8.04. The van der Waals surface area contributed by atoms with E-state index in [0.29, 0.717) is 31.1 Å². The summed E-state index contributed by atoms with van der Waals surface area (Å²) in [5.74, 6) is 0.739. The monoisotopic (exact) mass is 299 g/mol. The van der Waals surface area contributed by atoms with E-state index in [9.17, 15) is 9.65 Å². The van der Waals surface area contributed by atoms with Gasteiger partial charge in [0.2, 0.25) is 0 Å². The molecule has 3 nitrogen and oxygen atoms in total. The minimum Gasteiger partial charge on any atom is -0.490 e. The maximum Gasteiger partial charge on any atom is 0.161 e. The van der Waals surface area contributed by atoms with Crippen molar-refractivity contribution >= 4 is 0 Å². The van der Waals surface area contributed by atoms with Crippen molar-refractivity contribution in [2.24, 2.45) is 0 Å². The van der Waals surface area contributed by atoms with E-state index in [0.717, 1.165) is 5.56 Å². The Hall–Kier alpha value is -2.54. The molecule has 2 aromatic rings. The van der Waals surface area contributed by atoms with Gasteiger partial charge in [-0.2, -0.15) is 5.26 Å². The highest BCUT2D eigenvalue weighted by Crippen LogP contribution is 2.27. The van der Waals surface area contributed by atoms with Crippen LogP contribution in [0.4, 0.5) is 4.39 Å². The molecule has 0 saturated heterocycles. The lowest BCUT2D eigenvalue weighted by Crippen LogP contribution is -2.05. The van der Waals surface area contributed by atoms with Crippen molar-refractivity contribution in [3.8, 4) is 17.6 Å². The Labute approximate surface area is 129 Å². The number of benzene rings is 2. The normalized spacial score (nSPS) is 11.5. The maximum atomic E-state index is 12.9. The molecule has 0 spiro atoms. The van der Waals surface area contributed by atoms with Gasteiger partial charge in [0.05, 0.1) is 25.2 Å². The lowest BCUT2D eigenvalue weighted by atomic mass is 9.98. The van der Waals surface area contributed by atoms with Crippen LogP contribution in [0.3, 0.4) is 0 Å². The Morgan fingerprint density at radius 1 is 1.05 bits per heavy atom. The van der Waals surface area contributed by atoms with Gasteiger partial charge in [0.25, 0.3) is 0 Å². The summed E-state index contributed by atoms with van der Waals surface area (Å²) in [4.78, 5) is 0. The molecule has 2 aromatic carbocycles. The average Bonchev–Trinajstić information content (AvgIpc) is 2.54. The molecule has 0 aliphatic carbocycles. The molecule has 0 bridgehead atoms. The van der Waals surface area contributed by atoms with Gasteiger partial charge < -0.3 is 9.47 Å². The van der Waals surface area contributed by atoms with Gasteiger partial charge in [-0.05, 0) is 36.8 Å². The predicted octanol–water partition coefficient (Wildman–Crippen LogP) is 4.30.